The van der Waals surface area contributed by atoms with Gasteiger partial charge in [0, 0.05) is 29.9 Å². The Morgan fingerprint density at radius 2 is 2.00 bits per heavy atom. The molecule has 0 bridgehead atoms. The zero-order valence-electron chi connectivity index (χ0n) is 11.9. The summed E-state index contributed by atoms with van der Waals surface area (Å²) in [5, 5.41) is 3.62. The SMILES string of the molecule is CCCNC(c1coc(C)c1)C(C)c1ccncc1. The third-order valence-corrected chi connectivity index (χ3v) is 3.46. The average Bonchev–Trinajstić information content (AvgIpc) is 2.86. The molecule has 1 N–H and O–H groups in total. The molecule has 2 heterocycles. The summed E-state index contributed by atoms with van der Waals surface area (Å²) in [4.78, 5) is 4.09. The highest BCUT2D eigenvalue weighted by Crippen LogP contribution is 2.31. The van der Waals surface area contributed by atoms with Gasteiger partial charge in [-0.15, -0.1) is 0 Å². The van der Waals surface area contributed by atoms with Crippen molar-refractivity contribution < 1.29 is 4.42 Å². The number of nitrogens with one attached hydrogen (secondary N) is 1. The first-order valence-corrected chi connectivity index (χ1v) is 6.90. The quantitative estimate of drug-likeness (QED) is 0.855. The summed E-state index contributed by atoms with van der Waals surface area (Å²) in [5.41, 5.74) is 2.51. The molecule has 0 saturated carbocycles. The maximum absolute atomic E-state index is 5.46. The molecular formula is C16H22N2O. The molecule has 2 aromatic rings. The Labute approximate surface area is 115 Å². The molecule has 2 rings (SSSR count). The summed E-state index contributed by atoms with van der Waals surface area (Å²) in [6, 6.07) is 6.56. The number of aromatic nitrogens is 1. The Hall–Kier alpha value is -1.61. The molecule has 2 atom stereocenters. The van der Waals surface area contributed by atoms with Gasteiger partial charge in [-0.25, -0.2) is 0 Å². The third-order valence-electron chi connectivity index (χ3n) is 3.46. The Balaban J connectivity index is 2.22. The number of aryl methyl sites for hydroxylation is 1. The van der Waals surface area contributed by atoms with Crippen LogP contribution in [0.2, 0.25) is 0 Å². The maximum atomic E-state index is 5.46. The van der Waals surface area contributed by atoms with E-state index in [1.165, 1.54) is 11.1 Å². The Morgan fingerprint density at radius 1 is 1.26 bits per heavy atom. The van der Waals surface area contributed by atoms with Gasteiger partial charge in [-0.2, -0.15) is 0 Å². The van der Waals surface area contributed by atoms with Crippen molar-refractivity contribution in [2.24, 2.45) is 0 Å². The maximum Gasteiger partial charge on any atom is 0.101 e. The standard InChI is InChI=1S/C16H22N2O/c1-4-7-18-16(15-10-12(2)19-11-15)13(3)14-5-8-17-9-6-14/h5-6,8-11,13,16,18H,4,7H2,1-3H3. The highest BCUT2D eigenvalue weighted by atomic mass is 16.3. The summed E-state index contributed by atoms with van der Waals surface area (Å²) < 4.78 is 5.46. The summed E-state index contributed by atoms with van der Waals surface area (Å²) in [7, 11) is 0. The minimum atomic E-state index is 0.278. The molecule has 2 aromatic heterocycles. The molecule has 0 aliphatic heterocycles. The topological polar surface area (TPSA) is 38.1 Å². The molecule has 0 radical (unpaired) electrons. The first kappa shape index (κ1) is 13.8. The first-order chi connectivity index (χ1) is 9.22. The molecule has 0 saturated heterocycles. The van der Waals surface area contributed by atoms with Crippen molar-refractivity contribution >= 4 is 0 Å². The molecule has 0 fully saturated rings. The van der Waals surface area contributed by atoms with E-state index < -0.39 is 0 Å². The van der Waals surface area contributed by atoms with E-state index >= 15 is 0 Å². The van der Waals surface area contributed by atoms with Gasteiger partial charge in [0.1, 0.15) is 5.76 Å². The zero-order chi connectivity index (χ0) is 13.7. The number of rotatable bonds is 6. The van der Waals surface area contributed by atoms with E-state index in [-0.39, 0.29) is 6.04 Å². The van der Waals surface area contributed by atoms with Gasteiger partial charge in [0.25, 0.3) is 0 Å². The lowest BCUT2D eigenvalue weighted by Crippen LogP contribution is -2.26. The lowest BCUT2D eigenvalue weighted by molar-refractivity contribution is 0.457. The predicted molar refractivity (Wildman–Crippen MR) is 77.1 cm³/mol. The monoisotopic (exact) mass is 258 g/mol. The summed E-state index contributed by atoms with van der Waals surface area (Å²) in [5.74, 6) is 1.34. The van der Waals surface area contributed by atoms with Crippen LogP contribution in [0.4, 0.5) is 0 Å². The molecule has 0 aromatic carbocycles. The number of furan rings is 1. The van der Waals surface area contributed by atoms with E-state index in [0.29, 0.717) is 5.92 Å². The predicted octanol–water partition coefficient (Wildman–Crippen LogP) is 3.83. The number of hydrogen-bond donors (Lipinski definition) is 1. The van der Waals surface area contributed by atoms with Crippen LogP contribution in [0.25, 0.3) is 0 Å². The van der Waals surface area contributed by atoms with E-state index in [1.54, 1.807) is 0 Å². The minimum Gasteiger partial charge on any atom is -0.469 e. The van der Waals surface area contributed by atoms with Crippen LogP contribution in [0, 0.1) is 6.92 Å². The Morgan fingerprint density at radius 3 is 2.58 bits per heavy atom. The lowest BCUT2D eigenvalue weighted by Gasteiger charge is -2.24. The van der Waals surface area contributed by atoms with Crippen molar-refractivity contribution in [3.63, 3.8) is 0 Å². The molecule has 19 heavy (non-hydrogen) atoms. The number of hydrogen-bond acceptors (Lipinski definition) is 3. The first-order valence-electron chi connectivity index (χ1n) is 6.90. The van der Waals surface area contributed by atoms with E-state index in [0.717, 1.165) is 18.7 Å². The van der Waals surface area contributed by atoms with Crippen LogP contribution in [0.5, 0.6) is 0 Å². The fourth-order valence-electron chi connectivity index (χ4n) is 2.37. The van der Waals surface area contributed by atoms with Crippen LogP contribution in [-0.4, -0.2) is 11.5 Å². The van der Waals surface area contributed by atoms with E-state index in [1.807, 2.05) is 25.6 Å². The minimum absolute atomic E-state index is 0.278. The third kappa shape index (κ3) is 3.44. The van der Waals surface area contributed by atoms with Crippen molar-refractivity contribution in [1.82, 2.24) is 10.3 Å². The average molecular weight is 258 g/mol. The van der Waals surface area contributed by atoms with Crippen LogP contribution in [0.15, 0.2) is 41.3 Å². The van der Waals surface area contributed by atoms with Crippen molar-refractivity contribution in [2.45, 2.75) is 39.2 Å². The molecule has 3 heteroatoms. The second-order valence-electron chi connectivity index (χ2n) is 4.99. The van der Waals surface area contributed by atoms with Gasteiger partial charge in [0.05, 0.1) is 6.26 Å². The van der Waals surface area contributed by atoms with Crippen molar-refractivity contribution in [2.75, 3.05) is 6.54 Å². The van der Waals surface area contributed by atoms with Crippen LogP contribution in [0.1, 0.15) is 49.1 Å². The molecule has 0 amide bonds. The van der Waals surface area contributed by atoms with Crippen LogP contribution in [0.3, 0.4) is 0 Å². The van der Waals surface area contributed by atoms with E-state index in [4.69, 9.17) is 4.42 Å². The highest BCUT2D eigenvalue weighted by molar-refractivity contribution is 5.25. The van der Waals surface area contributed by atoms with Gasteiger partial charge in [0.15, 0.2) is 0 Å². The molecule has 0 spiro atoms. The molecular weight excluding hydrogens is 236 g/mol. The van der Waals surface area contributed by atoms with Crippen LogP contribution >= 0.6 is 0 Å². The normalized spacial score (nSPS) is 14.3. The van der Waals surface area contributed by atoms with Crippen LogP contribution in [-0.2, 0) is 0 Å². The number of nitrogens with zero attached hydrogens (tertiary/aromatic N) is 1. The largest absolute Gasteiger partial charge is 0.469 e. The summed E-state index contributed by atoms with van der Waals surface area (Å²) in [6.45, 7) is 7.41. The lowest BCUT2D eigenvalue weighted by atomic mass is 9.90. The van der Waals surface area contributed by atoms with Crippen LogP contribution < -0.4 is 5.32 Å². The second kappa shape index (κ2) is 6.53. The smallest absolute Gasteiger partial charge is 0.101 e. The van der Waals surface area contributed by atoms with E-state index in [9.17, 15) is 0 Å². The fourth-order valence-corrected chi connectivity index (χ4v) is 2.37. The van der Waals surface area contributed by atoms with Gasteiger partial charge >= 0.3 is 0 Å². The van der Waals surface area contributed by atoms with Crippen molar-refractivity contribution in [1.29, 1.82) is 0 Å². The molecule has 2 unspecified atom stereocenters. The van der Waals surface area contributed by atoms with Gasteiger partial charge in [0.2, 0.25) is 0 Å². The summed E-state index contributed by atoms with van der Waals surface area (Å²) >= 11 is 0. The Bertz CT molecular complexity index is 492. The van der Waals surface area contributed by atoms with Gasteiger partial charge in [-0.1, -0.05) is 13.8 Å². The molecule has 102 valence electrons. The van der Waals surface area contributed by atoms with Crippen molar-refractivity contribution in [3.8, 4) is 0 Å². The second-order valence-corrected chi connectivity index (χ2v) is 4.99. The highest BCUT2D eigenvalue weighted by Gasteiger charge is 2.21. The van der Waals surface area contributed by atoms with E-state index in [2.05, 4.69) is 42.3 Å². The number of pyridine rings is 1. The summed E-state index contributed by atoms with van der Waals surface area (Å²) in [6.07, 6.45) is 6.68. The van der Waals surface area contributed by atoms with Crippen molar-refractivity contribution in [3.05, 3.63) is 53.7 Å². The fraction of sp³-hybridized carbons (Fsp3) is 0.438. The van der Waals surface area contributed by atoms with Gasteiger partial charge in [-0.05, 0) is 43.7 Å². The van der Waals surface area contributed by atoms with Gasteiger partial charge in [-0.3, -0.25) is 4.98 Å². The molecule has 3 nitrogen and oxygen atoms in total. The molecule has 0 aliphatic carbocycles. The van der Waals surface area contributed by atoms with Gasteiger partial charge < -0.3 is 9.73 Å². The molecule has 0 aliphatic rings. The Kier molecular flexibility index (Phi) is 4.74. The zero-order valence-corrected chi connectivity index (χ0v) is 11.9.